The molecule has 3 rings (SSSR count). The molecule has 1 aliphatic rings. The third-order valence-electron chi connectivity index (χ3n) is 4.61. The minimum atomic E-state index is -4.51. The van der Waals surface area contributed by atoms with Crippen molar-refractivity contribution in [2.45, 2.75) is 51.6 Å². The van der Waals surface area contributed by atoms with Crippen LogP contribution >= 0.6 is 24.0 Å². The number of aryl methyl sites for hydroxylation is 1. The number of guanidine groups is 1. The van der Waals surface area contributed by atoms with Gasteiger partial charge in [0, 0.05) is 37.3 Å². The molecule has 2 aromatic rings. The van der Waals surface area contributed by atoms with Gasteiger partial charge < -0.3 is 15.4 Å². The zero-order chi connectivity index (χ0) is 21.2. The average Bonchev–Trinajstić information content (AvgIpc) is 3.00. The molecule has 0 saturated carbocycles. The quantitative estimate of drug-likeness (QED) is 0.345. The van der Waals surface area contributed by atoms with Crippen molar-refractivity contribution in [1.82, 2.24) is 20.4 Å². The third kappa shape index (κ3) is 5.79. The Kier molecular flexibility index (Phi) is 7.64. The molecule has 0 amide bonds. The Hall–Kier alpha value is -1.98. The maximum Gasteiger partial charge on any atom is 0.435 e. The standard InChI is InChI=1S/C20H26F3N5O.HI/c1-5-24-18(25-11-13-12-28(4)27-17(13)20(21,22)23)26-15-10-19(2,3)29-16-9-7-6-8-14(15)16;/h6-9,12,15H,5,10-11H2,1-4H3,(H2,24,25,26);1H. The highest BCUT2D eigenvalue weighted by atomic mass is 127. The van der Waals surface area contributed by atoms with Crippen LogP contribution in [0.15, 0.2) is 35.5 Å². The maximum absolute atomic E-state index is 13.2. The molecule has 6 nitrogen and oxygen atoms in total. The normalized spacial score (nSPS) is 18.1. The van der Waals surface area contributed by atoms with Crippen molar-refractivity contribution in [3.63, 3.8) is 0 Å². The van der Waals surface area contributed by atoms with E-state index >= 15 is 0 Å². The van der Waals surface area contributed by atoms with Crippen LogP contribution in [0.5, 0.6) is 5.75 Å². The highest BCUT2D eigenvalue weighted by molar-refractivity contribution is 14.0. The molecule has 166 valence electrons. The van der Waals surface area contributed by atoms with Crippen LogP contribution in [0.25, 0.3) is 0 Å². The van der Waals surface area contributed by atoms with E-state index in [4.69, 9.17) is 4.74 Å². The van der Waals surface area contributed by atoms with E-state index in [-0.39, 0.29) is 47.7 Å². The zero-order valence-electron chi connectivity index (χ0n) is 17.4. The summed E-state index contributed by atoms with van der Waals surface area (Å²) in [5, 5.41) is 10.0. The smallest absolute Gasteiger partial charge is 0.435 e. The highest BCUT2D eigenvalue weighted by Gasteiger charge is 2.37. The molecule has 0 radical (unpaired) electrons. The number of hydrogen-bond acceptors (Lipinski definition) is 3. The van der Waals surface area contributed by atoms with Crippen molar-refractivity contribution < 1.29 is 17.9 Å². The molecule has 10 heteroatoms. The second-order valence-corrected chi connectivity index (χ2v) is 7.67. The fourth-order valence-electron chi connectivity index (χ4n) is 3.47. The maximum atomic E-state index is 13.2. The van der Waals surface area contributed by atoms with Gasteiger partial charge in [0.25, 0.3) is 0 Å². The molecule has 0 aliphatic carbocycles. The number of aliphatic imine (C=N–C) groups is 1. The first-order valence-electron chi connectivity index (χ1n) is 9.51. The fourth-order valence-corrected chi connectivity index (χ4v) is 3.47. The molecule has 2 heterocycles. The lowest BCUT2D eigenvalue weighted by Gasteiger charge is -2.38. The number of rotatable bonds is 4. The Labute approximate surface area is 191 Å². The van der Waals surface area contributed by atoms with Crippen LogP contribution in [-0.2, 0) is 19.8 Å². The molecule has 0 spiro atoms. The van der Waals surface area contributed by atoms with E-state index in [0.29, 0.717) is 18.9 Å². The van der Waals surface area contributed by atoms with Crippen LogP contribution in [-0.4, -0.2) is 27.9 Å². The number of nitrogens with one attached hydrogen (secondary N) is 2. The van der Waals surface area contributed by atoms with Gasteiger partial charge in [-0.25, -0.2) is 4.99 Å². The van der Waals surface area contributed by atoms with Gasteiger partial charge in [-0.15, -0.1) is 24.0 Å². The van der Waals surface area contributed by atoms with Gasteiger partial charge in [-0.05, 0) is 26.8 Å². The number of para-hydroxylation sites is 1. The van der Waals surface area contributed by atoms with E-state index < -0.39 is 11.9 Å². The van der Waals surface area contributed by atoms with Crippen molar-refractivity contribution in [1.29, 1.82) is 0 Å². The summed E-state index contributed by atoms with van der Waals surface area (Å²) < 4.78 is 46.8. The Morgan fingerprint density at radius 3 is 2.70 bits per heavy atom. The van der Waals surface area contributed by atoms with Crippen LogP contribution in [0.2, 0.25) is 0 Å². The van der Waals surface area contributed by atoms with Crippen LogP contribution in [0.1, 0.15) is 50.1 Å². The van der Waals surface area contributed by atoms with Crippen LogP contribution < -0.4 is 15.4 Å². The van der Waals surface area contributed by atoms with Gasteiger partial charge in [0.05, 0.1) is 12.6 Å². The molecule has 0 fully saturated rings. The van der Waals surface area contributed by atoms with Gasteiger partial charge >= 0.3 is 6.18 Å². The molecule has 1 aliphatic heterocycles. The summed E-state index contributed by atoms with van der Waals surface area (Å²) in [6.07, 6.45) is -2.47. The van der Waals surface area contributed by atoms with E-state index in [1.165, 1.54) is 13.2 Å². The van der Waals surface area contributed by atoms with E-state index in [2.05, 4.69) is 20.7 Å². The Morgan fingerprint density at radius 2 is 2.03 bits per heavy atom. The summed E-state index contributed by atoms with van der Waals surface area (Å²) in [5.74, 6) is 1.24. The summed E-state index contributed by atoms with van der Waals surface area (Å²) >= 11 is 0. The van der Waals surface area contributed by atoms with Crippen LogP contribution in [0.4, 0.5) is 13.2 Å². The number of fused-ring (bicyclic) bond motifs is 1. The molecular formula is C20H27F3IN5O. The second-order valence-electron chi connectivity index (χ2n) is 7.67. The van der Waals surface area contributed by atoms with E-state index in [1.807, 2.05) is 45.0 Å². The van der Waals surface area contributed by atoms with E-state index in [1.54, 1.807) is 0 Å². The second kappa shape index (κ2) is 9.44. The molecule has 0 bridgehead atoms. The molecule has 1 aromatic heterocycles. The summed E-state index contributed by atoms with van der Waals surface area (Å²) in [4.78, 5) is 4.39. The van der Waals surface area contributed by atoms with Gasteiger partial charge in [-0.1, -0.05) is 18.2 Å². The first-order chi connectivity index (χ1) is 13.6. The monoisotopic (exact) mass is 537 g/mol. The third-order valence-corrected chi connectivity index (χ3v) is 4.61. The first kappa shape index (κ1) is 24.3. The lowest BCUT2D eigenvalue weighted by atomic mass is 9.90. The zero-order valence-corrected chi connectivity index (χ0v) is 19.7. The average molecular weight is 537 g/mol. The van der Waals surface area contributed by atoms with Crippen molar-refractivity contribution in [2.24, 2.45) is 12.0 Å². The number of nitrogens with zero attached hydrogens (tertiary/aromatic N) is 3. The van der Waals surface area contributed by atoms with E-state index in [0.717, 1.165) is 16.0 Å². The minimum absolute atomic E-state index is 0. The van der Waals surface area contributed by atoms with E-state index in [9.17, 15) is 13.2 Å². The summed E-state index contributed by atoms with van der Waals surface area (Å²) in [6, 6.07) is 7.67. The minimum Gasteiger partial charge on any atom is -0.487 e. The van der Waals surface area contributed by atoms with Gasteiger partial charge in [-0.3, -0.25) is 4.68 Å². The molecule has 1 atom stereocenters. The van der Waals surface area contributed by atoms with Gasteiger partial charge in [0.2, 0.25) is 0 Å². The number of benzene rings is 1. The van der Waals surface area contributed by atoms with Crippen molar-refractivity contribution in [2.75, 3.05) is 6.54 Å². The lowest BCUT2D eigenvalue weighted by molar-refractivity contribution is -0.142. The predicted molar refractivity (Wildman–Crippen MR) is 120 cm³/mol. The Morgan fingerprint density at radius 1 is 1.33 bits per heavy atom. The fraction of sp³-hybridized carbons (Fsp3) is 0.500. The Bertz CT molecular complexity index is 895. The number of halogens is 4. The first-order valence-corrected chi connectivity index (χ1v) is 9.51. The molecule has 2 N–H and O–H groups in total. The molecule has 1 unspecified atom stereocenters. The van der Waals surface area contributed by atoms with Gasteiger partial charge in [0.15, 0.2) is 11.7 Å². The molecule has 1 aromatic carbocycles. The van der Waals surface area contributed by atoms with Crippen molar-refractivity contribution in [3.8, 4) is 5.75 Å². The molecular weight excluding hydrogens is 510 g/mol. The predicted octanol–water partition coefficient (Wildman–Crippen LogP) is 4.41. The van der Waals surface area contributed by atoms with Gasteiger partial charge in [-0.2, -0.15) is 18.3 Å². The lowest BCUT2D eigenvalue weighted by Crippen LogP contribution is -2.45. The number of alkyl halides is 3. The summed E-state index contributed by atoms with van der Waals surface area (Å²) in [5.41, 5.74) is -0.257. The largest absolute Gasteiger partial charge is 0.487 e. The number of hydrogen-bond donors (Lipinski definition) is 2. The number of aromatic nitrogens is 2. The SMILES string of the molecule is CCNC(=NCc1cn(C)nc1C(F)(F)F)NC1CC(C)(C)Oc2ccccc21.I. The molecule has 30 heavy (non-hydrogen) atoms. The van der Waals surface area contributed by atoms with Gasteiger partial charge in [0.1, 0.15) is 11.4 Å². The topological polar surface area (TPSA) is 63.5 Å². The Balaban J connectivity index is 0.00000320. The molecule has 0 saturated heterocycles. The van der Waals surface area contributed by atoms with Crippen LogP contribution in [0, 0.1) is 0 Å². The van der Waals surface area contributed by atoms with Crippen molar-refractivity contribution >= 4 is 29.9 Å². The number of ether oxygens (including phenoxy) is 1. The summed E-state index contributed by atoms with van der Waals surface area (Å²) in [6.45, 7) is 6.37. The van der Waals surface area contributed by atoms with Crippen molar-refractivity contribution in [3.05, 3.63) is 47.3 Å². The summed E-state index contributed by atoms with van der Waals surface area (Å²) in [7, 11) is 1.47. The van der Waals surface area contributed by atoms with Crippen LogP contribution in [0.3, 0.4) is 0 Å². The highest BCUT2D eigenvalue weighted by Crippen LogP contribution is 2.39.